The number of hydrogen-bond donors (Lipinski definition) is 2. The number of nitrogens with two attached hydrogens (primary N) is 1. The molecule has 2 heterocycles. The highest BCUT2D eigenvalue weighted by atomic mass is 15.3. The van der Waals surface area contributed by atoms with Crippen molar-refractivity contribution in [2.24, 2.45) is 0 Å². The summed E-state index contributed by atoms with van der Waals surface area (Å²) in [6.45, 7) is 2.16. The fourth-order valence-electron chi connectivity index (χ4n) is 2.11. The third-order valence-corrected chi connectivity index (χ3v) is 3.00. The highest BCUT2D eigenvalue weighted by Gasteiger charge is 2.18. The minimum absolute atomic E-state index is 0.250. The summed E-state index contributed by atoms with van der Waals surface area (Å²) >= 11 is 0. The quantitative estimate of drug-likeness (QED) is 0.784. The van der Waals surface area contributed by atoms with Gasteiger partial charge in [0.05, 0.1) is 0 Å². The van der Waals surface area contributed by atoms with E-state index in [4.69, 9.17) is 5.73 Å². The number of rotatable bonds is 3. The van der Waals surface area contributed by atoms with Crippen LogP contribution < -0.4 is 16.0 Å². The van der Waals surface area contributed by atoms with Crippen LogP contribution in [0.5, 0.6) is 0 Å². The Morgan fingerprint density at radius 1 is 1.33 bits per heavy atom. The van der Waals surface area contributed by atoms with Crippen LogP contribution in [-0.4, -0.2) is 60.1 Å². The molecule has 0 spiro atoms. The zero-order chi connectivity index (χ0) is 13.1. The third kappa shape index (κ3) is 3.19. The summed E-state index contributed by atoms with van der Waals surface area (Å²) in [6, 6.07) is 0.376. The number of nitrogen functional groups attached to an aromatic ring is 1. The van der Waals surface area contributed by atoms with Gasteiger partial charge in [-0.15, -0.1) is 0 Å². The second-order valence-electron chi connectivity index (χ2n) is 4.96. The van der Waals surface area contributed by atoms with E-state index >= 15 is 0 Å². The molecular weight excluding hydrogens is 230 g/mol. The summed E-state index contributed by atoms with van der Waals surface area (Å²) in [5.41, 5.74) is 5.69. The average molecular weight is 251 g/mol. The van der Waals surface area contributed by atoms with E-state index in [0.29, 0.717) is 17.9 Å². The molecule has 0 aromatic carbocycles. The number of nitrogens with zero attached hydrogens (tertiary/aromatic N) is 5. The summed E-state index contributed by atoms with van der Waals surface area (Å²) in [5, 5.41) is 3.34. The first-order valence-electron chi connectivity index (χ1n) is 6.18. The highest BCUT2D eigenvalue weighted by molar-refractivity contribution is 5.41. The van der Waals surface area contributed by atoms with Crippen LogP contribution in [0.4, 0.5) is 17.8 Å². The molecular formula is C11H21N7. The lowest BCUT2D eigenvalue weighted by molar-refractivity contribution is 0.260. The zero-order valence-electron chi connectivity index (χ0n) is 11.2. The van der Waals surface area contributed by atoms with Gasteiger partial charge in [-0.1, -0.05) is 0 Å². The molecule has 1 aliphatic rings. The van der Waals surface area contributed by atoms with Crippen LogP contribution in [0.15, 0.2) is 0 Å². The predicted octanol–water partition coefficient (Wildman–Crippen LogP) is 0.0259. The Hall–Kier alpha value is -1.63. The van der Waals surface area contributed by atoms with Crippen LogP contribution in [0, 0.1) is 0 Å². The lowest BCUT2D eigenvalue weighted by Gasteiger charge is -2.30. The van der Waals surface area contributed by atoms with Crippen molar-refractivity contribution in [2.75, 3.05) is 50.2 Å². The molecule has 1 aliphatic heterocycles. The molecule has 2 rings (SSSR count). The van der Waals surface area contributed by atoms with Gasteiger partial charge in [0.2, 0.25) is 17.8 Å². The minimum Gasteiger partial charge on any atom is -0.368 e. The normalized spacial score (nSPS) is 20.7. The number of anilines is 3. The summed E-state index contributed by atoms with van der Waals surface area (Å²) in [4.78, 5) is 16.7. The standard InChI is InChI=1S/C11H21N7/c1-17(2)11-15-9(12)14-10(16-11)13-8-5-4-6-18(3)7-8/h8H,4-7H2,1-3H3,(H3,12,13,14,15,16). The Kier molecular flexibility index (Phi) is 3.81. The molecule has 0 aliphatic carbocycles. The van der Waals surface area contributed by atoms with Gasteiger partial charge in [0.15, 0.2) is 0 Å². The van der Waals surface area contributed by atoms with Crippen LogP contribution in [0.3, 0.4) is 0 Å². The summed E-state index contributed by atoms with van der Waals surface area (Å²) < 4.78 is 0. The Morgan fingerprint density at radius 3 is 2.78 bits per heavy atom. The lowest BCUT2D eigenvalue weighted by atomic mass is 10.1. The van der Waals surface area contributed by atoms with Crippen molar-refractivity contribution >= 4 is 17.8 Å². The van der Waals surface area contributed by atoms with Crippen molar-refractivity contribution in [1.29, 1.82) is 0 Å². The largest absolute Gasteiger partial charge is 0.368 e. The SMILES string of the molecule is CN1CCCC(Nc2nc(N)nc(N(C)C)n2)C1. The number of aromatic nitrogens is 3. The first-order valence-corrected chi connectivity index (χ1v) is 6.18. The van der Waals surface area contributed by atoms with Crippen molar-refractivity contribution in [3.8, 4) is 0 Å². The van der Waals surface area contributed by atoms with Gasteiger partial charge in [0.25, 0.3) is 0 Å². The maximum atomic E-state index is 5.69. The molecule has 7 nitrogen and oxygen atoms in total. The van der Waals surface area contributed by atoms with Gasteiger partial charge in [0.1, 0.15) is 0 Å². The van der Waals surface area contributed by atoms with E-state index in [1.807, 2.05) is 19.0 Å². The fraction of sp³-hybridized carbons (Fsp3) is 0.727. The monoisotopic (exact) mass is 251 g/mol. The third-order valence-electron chi connectivity index (χ3n) is 3.00. The molecule has 0 amide bonds. The zero-order valence-corrected chi connectivity index (χ0v) is 11.2. The second kappa shape index (κ2) is 5.34. The molecule has 0 bridgehead atoms. The van der Waals surface area contributed by atoms with Crippen molar-refractivity contribution in [1.82, 2.24) is 19.9 Å². The maximum absolute atomic E-state index is 5.69. The first-order chi connectivity index (χ1) is 8.54. The molecule has 1 fully saturated rings. The fourth-order valence-corrected chi connectivity index (χ4v) is 2.11. The van der Waals surface area contributed by atoms with Crippen LogP contribution in [-0.2, 0) is 0 Å². The minimum atomic E-state index is 0.250. The summed E-state index contributed by atoms with van der Waals surface area (Å²) in [7, 11) is 5.89. The van der Waals surface area contributed by atoms with Crippen molar-refractivity contribution < 1.29 is 0 Å². The van der Waals surface area contributed by atoms with E-state index in [-0.39, 0.29) is 5.95 Å². The Balaban J connectivity index is 2.08. The van der Waals surface area contributed by atoms with Crippen LogP contribution in [0.25, 0.3) is 0 Å². The molecule has 0 radical (unpaired) electrons. The van der Waals surface area contributed by atoms with Gasteiger partial charge in [-0.05, 0) is 26.4 Å². The number of likely N-dealkylation sites (tertiary alicyclic amines) is 1. The first kappa shape index (κ1) is 12.8. The van der Waals surface area contributed by atoms with Gasteiger partial charge >= 0.3 is 0 Å². The second-order valence-corrected chi connectivity index (χ2v) is 4.96. The number of hydrogen-bond acceptors (Lipinski definition) is 7. The van der Waals surface area contributed by atoms with Crippen LogP contribution in [0.2, 0.25) is 0 Å². The van der Waals surface area contributed by atoms with Gasteiger partial charge in [-0.3, -0.25) is 0 Å². The van der Waals surface area contributed by atoms with Crippen molar-refractivity contribution in [3.05, 3.63) is 0 Å². The van der Waals surface area contributed by atoms with E-state index in [1.165, 1.54) is 6.42 Å². The Labute approximate surface area is 107 Å². The molecule has 1 aromatic heterocycles. The Bertz CT molecular complexity index is 406. The molecule has 0 saturated carbocycles. The van der Waals surface area contributed by atoms with E-state index in [0.717, 1.165) is 19.5 Å². The molecule has 1 atom stereocenters. The molecule has 1 aromatic rings. The molecule has 7 heteroatoms. The average Bonchev–Trinajstić information content (AvgIpc) is 2.28. The number of nitrogens with one attached hydrogen (secondary N) is 1. The van der Waals surface area contributed by atoms with E-state index < -0.39 is 0 Å². The molecule has 100 valence electrons. The topological polar surface area (TPSA) is 83.2 Å². The molecule has 3 N–H and O–H groups in total. The predicted molar refractivity (Wildman–Crippen MR) is 72.7 cm³/mol. The maximum Gasteiger partial charge on any atom is 0.231 e. The Morgan fingerprint density at radius 2 is 2.11 bits per heavy atom. The molecule has 1 saturated heterocycles. The molecule has 1 unspecified atom stereocenters. The van der Waals surface area contributed by atoms with Crippen molar-refractivity contribution in [2.45, 2.75) is 18.9 Å². The van der Waals surface area contributed by atoms with Crippen molar-refractivity contribution in [3.63, 3.8) is 0 Å². The molecule has 18 heavy (non-hydrogen) atoms. The van der Waals surface area contributed by atoms with E-state index in [1.54, 1.807) is 0 Å². The lowest BCUT2D eigenvalue weighted by Crippen LogP contribution is -2.40. The van der Waals surface area contributed by atoms with Gasteiger partial charge in [-0.25, -0.2) is 0 Å². The number of likely N-dealkylation sites (N-methyl/N-ethyl adjacent to an activating group) is 1. The van der Waals surface area contributed by atoms with Crippen LogP contribution in [0.1, 0.15) is 12.8 Å². The highest BCUT2D eigenvalue weighted by Crippen LogP contribution is 2.14. The summed E-state index contributed by atoms with van der Waals surface area (Å²) in [6.07, 6.45) is 2.32. The van der Waals surface area contributed by atoms with Gasteiger partial charge in [0, 0.05) is 26.7 Å². The van der Waals surface area contributed by atoms with Crippen LogP contribution >= 0.6 is 0 Å². The summed E-state index contributed by atoms with van der Waals surface area (Å²) in [5.74, 6) is 1.39. The van der Waals surface area contributed by atoms with E-state index in [9.17, 15) is 0 Å². The smallest absolute Gasteiger partial charge is 0.231 e. The van der Waals surface area contributed by atoms with Gasteiger partial charge in [-0.2, -0.15) is 15.0 Å². The van der Waals surface area contributed by atoms with Gasteiger partial charge < -0.3 is 20.9 Å². The number of piperidine rings is 1. The van der Waals surface area contributed by atoms with E-state index in [2.05, 4.69) is 32.2 Å².